The van der Waals surface area contributed by atoms with E-state index in [1.807, 2.05) is 5.10 Å². The van der Waals surface area contributed by atoms with Gasteiger partial charge in [-0.1, -0.05) is 12.1 Å². The Morgan fingerprint density at radius 1 is 1.19 bits per heavy atom. The normalized spacial score (nSPS) is 12.6. The molecule has 2 rings (SSSR count). The van der Waals surface area contributed by atoms with E-state index < -0.39 is 29.4 Å². The van der Waals surface area contributed by atoms with Crippen LogP contribution in [0.2, 0.25) is 0 Å². The van der Waals surface area contributed by atoms with Crippen LogP contribution in [-0.2, 0) is 6.18 Å². The number of alkyl halides is 5. The van der Waals surface area contributed by atoms with Gasteiger partial charge in [0.15, 0.2) is 0 Å². The van der Waals surface area contributed by atoms with Gasteiger partial charge in [-0.15, -0.1) is 0 Å². The van der Waals surface area contributed by atoms with Crippen LogP contribution in [0, 0.1) is 0 Å². The van der Waals surface area contributed by atoms with Gasteiger partial charge in [0.1, 0.15) is 11.2 Å². The molecular weight excluding hydrogens is 231 g/mol. The largest absolute Gasteiger partial charge is 0.418 e. The molecule has 2 aromatic rings. The topological polar surface area (TPSA) is 28.7 Å². The number of nitrogens with zero attached hydrogens (tertiary/aromatic N) is 1. The number of aromatic amines is 1. The van der Waals surface area contributed by atoms with Gasteiger partial charge in [0.2, 0.25) is 0 Å². The van der Waals surface area contributed by atoms with Gasteiger partial charge >= 0.3 is 6.18 Å². The molecule has 0 spiro atoms. The number of aromatic nitrogens is 2. The summed E-state index contributed by atoms with van der Waals surface area (Å²) in [6.07, 6.45) is -7.48. The summed E-state index contributed by atoms with van der Waals surface area (Å²) in [5.74, 6) is 0. The van der Waals surface area contributed by atoms with Gasteiger partial charge in [0.05, 0.1) is 5.56 Å². The van der Waals surface area contributed by atoms with E-state index >= 15 is 0 Å². The minimum atomic E-state index is -4.60. The van der Waals surface area contributed by atoms with Crippen molar-refractivity contribution in [2.75, 3.05) is 0 Å². The van der Waals surface area contributed by atoms with E-state index in [2.05, 4.69) is 5.10 Å². The number of fused-ring (bicyclic) bond motifs is 1. The number of nitrogens with one attached hydrogen (secondary N) is 1. The molecule has 0 fully saturated rings. The molecule has 0 aliphatic heterocycles. The molecule has 0 unspecified atom stereocenters. The minimum Gasteiger partial charge on any atom is -0.275 e. The fourth-order valence-electron chi connectivity index (χ4n) is 1.45. The van der Waals surface area contributed by atoms with Gasteiger partial charge in [-0.2, -0.15) is 18.3 Å². The van der Waals surface area contributed by atoms with Crippen molar-refractivity contribution in [3.63, 3.8) is 0 Å². The van der Waals surface area contributed by atoms with Gasteiger partial charge < -0.3 is 0 Å². The molecule has 0 radical (unpaired) electrons. The van der Waals surface area contributed by atoms with Crippen LogP contribution in [0.15, 0.2) is 18.2 Å². The number of para-hydroxylation sites is 1. The molecule has 0 atom stereocenters. The quantitative estimate of drug-likeness (QED) is 0.754. The Kier molecular flexibility index (Phi) is 2.32. The maximum atomic E-state index is 12.5. The first-order valence-electron chi connectivity index (χ1n) is 4.23. The summed E-state index contributed by atoms with van der Waals surface area (Å²) in [5.41, 5.74) is -2.10. The first-order chi connectivity index (χ1) is 7.41. The summed E-state index contributed by atoms with van der Waals surface area (Å²) < 4.78 is 62.3. The summed E-state index contributed by atoms with van der Waals surface area (Å²) in [5, 5.41) is 5.00. The highest BCUT2D eigenvalue weighted by molar-refractivity contribution is 5.84. The van der Waals surface area contributed by atoms with Gasteiger partial charge in [-0.3, -0.25) is 5.10 Å². The molecule has 0 bridgehead atoms. The van der Waals surface area contributed by atoms with E-state index in [0.717, 1.165) is 12.1 Å². The molecule has 16 heavy (non-hydrogen) atoms. The Hall–Kier alpha value is -1.66. The van der Waals surface area contributed by atoms with E-state index in [1.54, 1.807) is 0 Å². The highest BCUT2D eigenvalue weighted by Crippen LogP contribution is 2.36. The van der Waals surface area contributed by atoms with Crippen molar-refractivity contribution >= 4 is 10.9 Å². The van der Waals surface area contributed by atoms with Crippen LogP contribution in [0.1, 0.15) is 17.7 Å². The molecule has 1 aromatic carbocycles. The number of benzene rings is 1. The lowest BCUT2D eigenvalue weighted by Crippen LogP contribution is -2.05. The molecule has 86 valence electrons. The van der Waals surface area contributed by atoms with Gasteiger partial charge in [-0.05, 0) is 6.07 Å². The highest BCUT2D eigenvalue weighted by Gasteiger charge is 2.34. The summed E-state index contributed by atoms with van der Waals surface area (Å²) in [6.45, 7) is 0. The number of H-pyrrole nitrogens is 1. The number of hydrogen-bond acceptors (Lipinski definition) is 1. The van der Waals surface area contributed by atoms with Crippen LogP contribution >= 0.6 is 0 Å². The average Bonchev–Trinajstić information content (AvgIpc) is 2.58. The van der Waals surface area contributed by atoms with E-state index in [9.17, 15) is 22.0 Å². The third-order valence-electron chi connectivity index (χ3n) is 2.14. The first-order valence-corrected chi connectivity index (χ1v) is 4.23. The molecule has 0 aliphatic rings. The standard InChI is InChI=1S/C9H5F5N2/c10-8(11)7-4-2-1-3-5(9(12,13)14)6(4)15-16-7/h1-3,8H,(H,15,16). The van der Waals surface area contributed by atoms with Crippen LogP contribution in [0.25, 0.3) is 10.9 Å². The predicted molar refractivity (Wildman–Crippen MR) is 46.1 cm³/mol. The lowest BCUT2D eigenvalue weighted by molar-refractivity contribution is -0.136. The Balaban J connectivity index is 2.72. The van der Waals surface area contributed by atoms with Gasteiger partial charge in [0, 0.05) is 5.39 Å². The van der Waals surface area contributed by atoms with E-state index in [4.69, 9.17) is 0 Å². The van der Waals surface area contributed by atoms with Crippen LogP contribution in [-0.4, -0.2) is 10.2 Å². The monoisotopic (exact) mass is 236 g/mol. The van der Waals surface area contributed by atoms with Crippen molar-refractivity contribution in [1.29, 1.82) is 0 Å². The smallest absolute Gasteiger partial charge is 0.275 e. The van der Waals surface area contributed by atoms with Crippen molar-refractivity contribution < 1.29 is 22.0 Å². The van der Waals surface area contributed by atoms with Gasteiger partial charge in [-0.25, -0.2) is 8.78 Å². The molecule has 1 heterocycles. The summed E-state index contributed by atoms with van der Waals surface area (Å²) in [7, 11) is 0. The predicted octanol–water partition coefficient (Wildman–Crippen LogP) is 3.52. The fourth-order valence-corrected chi connectivity index (χ4v) is 1.45. The zero-order valence-electron chi connectivity index (χ0n) is 7.65. The van der Waals surface area contributed by atoms with Crippen molar-refractivity contribution in [3.05, 3.63) is 29.5 Å². The SMILES string of the molecule is FC(F)c1[nH]nc2c(C(F)(F)F)cccc12. The lowest BCUT2D eigenvalue weighted by atomic mass is 10.1. The van der Waals surface area contributed by atoms with E-state index in [-0.39, 0.29) is 5.39 Å². The molecule has 0 amide bonds. The molecule has 0 saturated carbocycles. The maximum absolute atomic E-state index is 12.5. The van der Waals surface area contributed by atoms with Gasteiger partial charge in [0.25, 0.3) is 6.43 Å². The number of rotatable bonds is 1. The first kappa shape index (κ1) is 10.8. The number of hydrogen-bond donors (Lipinski definition) is 1. The molecule has 0 aliphatic carbocycles. The Morgan fingerprint density at radius 3 is 2.44 bits per heavy atom. The van der Waals surface area contributed by atoms with Crippen LogP contribution in [0.5, 0.6) is 0 Å². The van der Waals surface area contributed by atoms with Crippen LogP contribution in [0.3, 0.4) is 0 Å². The zero-order valence-corrected chi connectivity index (χ0v) is 7.65. The fraction of sp³-hybridized carbons (Fsp3) is 0.222. The summed E-state index contributed by atoms with van der Waals surface area (Å²) in [6, 6.07) is 3.06. The Labute approximate surface area is 86.1 Å². The Bertz CT molecular complexity index is 514. The molecule has 7 heteroatoms. The highest BCUT2D eigenvalue weighted by atomic mass is 19.4. The van der Waals surface area contributed by atoms with Crippen molar-refractivity contribution in [3.8, 4) is 0 Å². The molecule has 2 nitrogen and oxygen atoms in total. The van der Waals surface area contributed by atoms with Crippen molar-refractivity contribution in [2.24, 2.45) is 0 Å². The number of halogens is 5. The lowest BCUT2D eigenvalue weighted by Gasteiger charge is -2.06. The minimum absolute atomic E-state index is 0.204. The van der Waals surface area contributed by atoms with E-state index in [0.29, 0.717) is 0 Å². The molecule has 1 aromatic heterocycles. The second-order valence-electron chi connectivity index (χ2n) is 3.14. The molecule has 0 saturated heterocycles. The third-order valence-corrected chi connectivity index (χ3v) is 2.14. The van der Waals surface area contributed by atoms with Crippen molar-refractivity contribution in [1.82, 2.24) is 10.2 Å². The van der Waals surface area contributed by atoms with Crippen LogP contribution in [0.4, 0.5) is 22.0 Å². The molecule has 1 N–H and O–H groups in total. The van der Waals surface area contributed by atoms with E-state index in [1.165, 1.54) is 6.07 Å². The average molecular weight is 236 g/mol. The Morgan fingerprint density at radius 2 is 1.88 bits per heavy atom. The summed E-state index contributed by atoms with van der Waals surface area (Å²) in [4.78, 5) is 0. The van der Waals surface area contributed by atoms with Crippen molar-refractivity contribution in [2.45, 2.75) is 12.6 Å². The maximum Gasteiger partial charge on any atom is 0.418 e. The zero-order chi connectivity index (χ0) is 11.9. The third kappa shape index (κ3) is 1.62. The van der Waals surface area contributed by atoms with Crippen LogP contribution < -0.4 is 0 Å². The summed E-state index contributed by atoms with van der Waals surface area (Å²) >= 11 is 0. The second-order valence-corrected chi connectivity index (χ2v) is 3.14. The second kappa shape index (κ2) is 3.43. The molecular formula is C9H5F5N2.